The fraction of sp³-hybridized carbons (Fsp3) is 0.371. The van der Waals surface area contributed by atoms with Crippen LogP contribution in [0.3, 0.4) is 0 Å². The van der Waals surface area contributed by atoms with E-state index in [2.05, 4.69) is 27.7 Å². The number of aromatic nitrogens is 4. The number of aryl methyl sites for hydroxylation is 1. The molecule has 4 aromatic rings. The lowest BCUT2D eigenvalue weighted by atomic mass is 9.97. The number of rotatable bonds is 8. The standard InChI is InChI=1S/C35H32F3N9O2/c1-21-17-46(9-10-49-21)18-23-12-27-28(29(13-23)35(36,37)38)19-47(33(27)48)31-15-24(14-30(42-31)43-34(5-6-34)7-8-39)26-11-22(16-40)3-4-25(26)32-44-41-20-45(32)2/h3-4,11-15,20-21H,5-7,9-10,17-19H2,1-2H3,(H,42,43)/t21-/m1/s1. The van der Waals surface area contributed by atoms with Crippen LogP contribution in [0.1, 0.15) is 58.8 Å². The van der Waals surface area contributed by atoms with Gasteiger partial charge in [-0.25, -0.2) is 4.98 Å². The van der Waals surface area contributed by atoms with Gasteiger partial charge in [-0.05, 0) is 84.5 Å². The number of nitrogens with one attached hydrogen (secondary N) is 1. The summed E-state index contributed by atoms with van der Waals surface area (Å²) in [6.45, 7) is 3.47. The van der Waals surface area contributed by atoms with Gasteiger partial charge in [-0.2, -0.15) is 23.7 Å². The molecule has 1 aliphatic carbocycles. The molecule has 0 unspecified atom stereocenters. The zero-order chi connectivity index (χ0) is 34.5. The van der Waals surface area contributed by atoms with E-state index in [1.54, 1.807) is 54.3 Å². The Kier molecular flexibility index (Phi) is 8.09. The number of morpholine rings is 1. The van der Waals surface area contributed by atoms with Crippen LogP contribution in [-0.4, -0.2) is 61.9 Å². The van der Waals surface area contributed by atoms with Gasteiger partial charge in [0.25, 0.3) is 5.91 Å². The normalized spacial score (nSPS) is 18.6. The summed E-state index contributed by atoms with van der Waals surface area (Å²) in [5.41, 5.74) is 1.11. The first-order chi connectivity index (χ1) is 23.5. The second-order valence-electron chi connectivity index (χ2n) is 13.0. The van der Waals surface area contributed by atoms with Crippen LogP contribution >= 0.6 is 0 Å². The number of nitrogens with zero attached hydrogens (tertiary/aromatic N) is 8. The fourth-order valence-electron chi connectivity index (χ4n) is 6.66. The Balaban J connectivity index is 1.33. The molecule has 250 valence electrons. The van der Waals surface area contributed by atoms with Gasteiger partial charge in [-0.3, -0.25) is 14.6 Å². The topological polar surface area (TPSA) is 136 Å². The minimum atomic E-state index is -4.69. The highest BCUT2D eigenvalue weighted by Gasteiger charge is 2.44. The second kappa shape index (κ2) is 12.3. The Morgan fingerprint density at radius 2 is 1.92 bits per heavy atom. The maximum Gasteiger partial charge on any atom is 0.416 e. The predicted octanol–water partition coefficient (Wildman–Crippen LogP) is 5.67. The average molecular weight is 668 g/mol. The molecule has 1 saturated carbocycles. The number of halogens is 3. The van der Waals surface area contributed by atoms with Gasteiger partial charge in [-0.15, -0.1) is 10.2 Å². The summed E-state index contributed by atoms with van der Waals surface area (Å²) in [4.78, 5) is 22.1. The quantitative estimate of drug-likeness (QED) is 0.252. The van der Waals surface area contributed by atoms with E-state index in [0.717, 1.165) is 18.9 Å². The molecule has 4 heterocycles. The minimum Gasteiger partial charge on any atom is -0.376 e. The molecule has 2 aromatic heterocycles. The van der Waals surface area contributed by atoms with Gasteiger partial charge in [-0.1, -0.05) is 0 Å². The van der Waals surface area contributed by atoms with E-state index in [1.807, 2.05) is 11.8 Å². The van der Waals surface area contributed by atoms with E-state index in [1.165, 1.54) is 4.90 Å². The minimum absolute atomic E-state index is 0.0118. The molecular formula is C35H32F3N9O2. The molecule has 3 aliphatic rings. The highest BCUT2D eigenvalue weighted by atomic mass is 19.4. The van der Waals surface area contributed by atoms with E-state index in [-0.39, 0.29) is 42.6 Å². The van der Waals surface area contributed by atoms with Crippen molar-refractivity contribution in [2.45, 2.75) is 57.1 Å². The highest BCUT2D eigenvalue weighted by Crippen LogP contribution is 2.44. The Morgan fingerprint density at radius 1 is 1.10 bits per heavy atom. The molecule has 49 heavy (non-hydrogen) atoms. The lowest BCUT2D eigenvalue weighted by molar-refractivity contribution is -0.138. The number of alkyl halides is 3. The molecule has 0 radical (unpaired) electrons. The number of hydrogen-bond donors (Lipinski definition) is 1. The first-order valence-corrected chi connectivity index (χ1v) is 15.9. The van der Waals surface area contributed by atoms with Crippen LogP contribution in [0.2, 0.25) is 0 Å². The van der Waals surface area contributed by atoms with Gasteiger partial charge in [0.05, 0.1) is 54.5 Å². The summed E-state index contributed by atoms with van der Waals surface area (Å²) < 4.78 is 51.0. The highest BCUT2D eigenvalue weighted by molar-refractivity contribution is 6.10. The molecule has 2 aliphatic heterocycles. The summed E-state index contributed by atoms with van der Waals surface area (Å²) in [7, 11) is 1.78. The van der Waals surface area contributed by atoms with Crippen molar-refractivity contribution < 1.29 is 22.7 Å². The molecule has 7 rings (SSSR count). The Hall–Kier alpha value is -5.31. The van der Waals surface area contributed by atoms with Crippen LogP contribution in [0.15, 0.2) is 48.8 Å². The van der Waals surface area contributed by atoms with Gasteiger partial charge >= 0.3 is 6.18 Å². The lowest BCUT2D eigenvalue weighted by Crippen LogP contribution is -2.40. The smallest absolute Gasteiger partial charge is 0.376 e. The van der Waals surface area contributed by atoms with Gasteiger partial charge in [0, 0.05) is 37.8 Å². The fourth-order valence-corrected chi connectivity index (χ4v) is 6.66. The largest absolute Gasteiger partial charge is 0.416 e. The summed E-state index contributed by atoms with van der Waals surface area (Å²) in [6.07, 6.45) is -1.47. The third kappa shape index (κ3) is 6.33. The first-order valence-electron chi connectivity index (χ1n) is 15.9. The number of nitriles is 2. The number of anilines is 2. The molecule has 2 aromatic carbocycles. The van der Waals surface area contributed by atoms with E-state index >= 15 is 0 Å². The van der Waals surface area contributed by atoms with Crippen molar-refractivity contribution in [3.05, 3.63) is 76.6 Å². The first kappa shape index (κ1) is 32.2. The molecule has 0 spiro atoms. The second-order valence-corrected chi connectivity index (χ2v) is 13.0. The Labute approximate surface area is 280 Å². The zero-order valence-electron chi connectivity index (χ0n) is 26.9. The van der Waals surface area contributed by atoms with Crippen molar-refractivity contribution in [1.82, 2.24) is 24.6 Å². The summed E-state index contributed by atoms with van der Waals surface area (Å²) in [6, 6.07) is 15.6. The van der Waals surface area contributed by atoms with Crippen molar-refractivity contribution in [2.24, 2.45) is 7.05 Å². The molecule has 14 heteroatoms. The van der Waals surface area contributed by atoms with Gasteiger partial charge < -0.3 is 14.6 Å². The summed E-state index contributed by atoms with van der Waals surface area (Å²) in [5, 5.41) is 30.8. The zero-order valence-corrected chi connectivity index (χ0v) is 26.9. The Morgan fingerprint density at radius 3 is 2.59 bits per heavy atom. The molecule has 2 fully saturated rings. The third-order valence-corrected chi connectivity index (χ3v) is 9.30. The SMILES string of the molecule is C[C@@H]1CN(Cc2cc3c(c(C(F)(F)F)c2)CN(c2cc(-c4cc(C#N)ccc4-c4nncn4C)cc(NC4(CC#N)CC4)n2)C3=O)CCO1. The molecule has 1 atom stereocenters. The van der Waals surface area contributed by atoms with Gasteiger partial charge in [0.15, 0.2) is 5.82 Å². The van der Waals surface area contributed by atoms with Crippen LogP contribution in [0, 0.1) is 22.7 Å². The molecule has 1 saturated heterocycles. The number of amides is 1. The number of carbonyl (C=O) groups excluding carboxylic acids is 1. The summed E-state index contributed by atoms with van der Waals surface area (Å²) >= 11 is 0. The van der Waals surface area contributed by atoms with Crippen LogP contribution in [0.5, 0.6) is 0 Å². The molecule has 11 nitrogen and oxygen atoms in total. The molecule has 0 bridgehead atoms. The van der Waals surface area contributed by atoms with Crippen molar-refractivity contribution >= 4 is 17.5 Å². The number of ether oxygens (including phenoxy) is 1. The Bertz CT molecular complexity index is 2040. The van der Waals surface area contributed by atoms with Crippen LogP contribution in [0.4, 0.5) is 24.8 Å². The van der Waals surface area contributed by atoms with Gasteiger partial charge in [0.2, 0.25) is 0 Å². The molecular weight excluding hydrogens is 635 g/mol. The molecule has 1 N–H and O–H groups in total. The number of pyridine rings is 1. The van der Waals surface area contributed by atoms with E-state index in [0.29, 0.717) is 59.2 Å². The maximum atomic E-state index is 14.6. The van der Waals surface area contributed by atoms with E-state index in [4.69, 9.17) is 9.72 Å². The van der Waals surface area contributed by atoms with Crippen LogP contribution in [0.25, 0.3) is 22.5 Å². The monoisotopic (exact) mass is 667 g/mol. The average Bonchev–Trinajstić information content (AvgIpc) is 3.54. The number of fused-ring (bicyclic) bond motifs is 1. The molecule has 1 amide bonds. The van der Waals surface area contributed by atoms with Crippen molar-refractivity contribution in [1.29, 1.82) is 10.5 Å². The number of hydrogen-bond acceptors (Lipinski definition) is 9. The predicted molar refractivity (Wildman–Crippen MR) is 173 cm³/mol. The van der Waals surface area contributed by atoms with Crippen molar-refractivity contribution in [2.75, 3.05) is 29.9 Å². The van der Waals surface area contributed by atoms with Crippen LogP contribution in [-0.2, 0) is 31.1 Å². The maximum absolute atomic E-state index is 14.6. The van der Waals surface area contributed by atoms with Crippen LogP contribution < -0.4 is 10.2 Å². The third-order valence-electron chi connectivity index (χ3n) is 9.30. The lowest BCUT2D eigenvalue weighted by Gasteiger charge is -2.31. The number of carbonyl (C=O) groups is 1. The number of benzene rings is 2. The summed E-state index contributed by atoms with van der Waals surface area (Å²) in [5.74, 6) is 0.424. The van der Waals surface area contributed by atoms with E-state index in [9.17, 15) is 28.5 Å². The van der Waals surface area contributed by atoms with Crippen molar-refractivity contribution in [3.8, 4) is 34.7 Å². The van der Waals surface area contributed by atoms with Gasteiger partial charge in [0.1, 0.15) is 18.0 Å². The van der Waals surface area contributed by atoms with E-state index < -0.39 is 23.2 Å². The van der Waals surface area contributed by atoms with Crippen molar-refractivity contribution in [3.63, 3.8) is 0 Å².